The van der Waals surface area contributed by atoms with Crippen molar-refractivity contribution >= 4 is 44.1 Å². The van der Waals surface area contributed by atoms with Gasteiger partial charge in [0.15, 0.2) is 4.96 Å². The number of non-ortho nitro benzene ring substituents is 1. The summed E-state index contributed by atoms with van der Waals surface area (Å²) >= 11 is 1.32. The van der Waals surface area contributed by atoms with E-state index in [4.69, 9.17) is 4.74 Å². The van der Waals surface area contributed by atoms with Gasteiger partial charge in [0.2, 0.25) is 0 Å². The maximum atomic E-state index is 12.5. The van der Waals surface area contributed by atoms with Gasteiger partial charge in [-0.1, -0.05) is 23.5 Å². The number of nitro groups is 1. The Morgan fingerprint density at radius 1 is 1.13 bits per heavy atom. The first-order valence-corrected chi connectivity index (χ1v) is 9.64. The summed E-state index contributed by atoms with van der Waals surface area (Å²) < 4.78 is 12.1. The van der Waals surface area contributed by atoms with Crippen molar-refractivity contribution in [1.82, 2.24) is 9.38 Å². The highest BCUT2D eigenvalue weighted by molar-refractivity contribution is 7.23. The number of carbonyl (C=O) groups is 2. The van der Waals surface area contributed by atoms with E-state index in [1.165, 1.54) is 21.8 Å². The summed E-state index contributed by atoms with van der Waals surface area (Å²) in [6.45, 7) is -0.324. The number of nitro benzene ring substituents is 1. The zero-order valence-corrected chi connectivity index (χ0v) is 16.8. The molecule has 4 aromatic rings. The van der Waals surface area contributed by atoms with Crippen LogP contribution in [0, 0.1) is 10.1 Å². The summed E-state index contributed by atoms with van der Waals surface area (Å²) in [5.74, 6) is -1.74. The summed E-state index contributed by atoms with van der Waals surface area (Å²) in [6, 6.07) is 11.7. The molecule has 0 spiro atoms. The number of hydrogen-bond donors (Lipinski definition) is 0. The second-order valence-corrected chi connectivity index (χ2v) is 7.38. The number of hydrogen-bond acceptors (Lipinski definition) is 9. The maximum Gasteiger partial charge on any atom is 0.338 e. The van der Waals surface area contributed by atoms with Crippen LogP contribution in [0.25, 0.3) is 15.2 Å². The zero-order valence-electron chi connectivity index (χ0n) is 15.9. The molecule has 0 aliphatic carbocycles. The van der Waals surface area contributed by atoms with Gasteiger partial charge in [-0.25, -0.2) is 14.6 Å². The number of thiazole rings is 1. The summed E-state index contributed by atoms with van der Waals surface area (Å²) in [5.41, 5.74) is -0.185. The Morgan fingerprint density at radius 2 is 1.84 bits per heavy atom. The third kappa shape index (κ3) is 3.85. The average Bonchev–Trinajstić information content (AvgIpc) is 3.15. The van der Waals surface area contributed by atoms with Crippen LogP contribution >= 0.6 is 11.3 Å². The highest BCUT2D eigenvalue weighted by Gasteiger charge is 2.20. The molecule has 2 heterocycles. The Kier molecular flexibility index (Phi) is 5.17. The number of para-hydroxylation sites is 1. The fraction of sp³-hybridized carbons (Fsp3) is 0.100. The molecule has 11 heteroatoms. The van der Waals surface area contributed by atoms with Gasteiger partial charge >= 0.3 is 11.9 Å². The van der Waals surface area contributed by atoms with E-state index in [0.29, 0.717) is 4.96 Å². The Morgan fingerprint density at radius 3 is 2.55 bits per heavy atom. The molecule has 4 rings (SSSR count). The summed E-state index contributed by atoms with van der Waals surface area (Å²) in [4.78, 5) is 51.9. The first kappa shape index (κ1) is 20.2. The lowest BCUT2D eigenvalue weighted by atomic mass is 10.1. The second kappa shape index (κ2) is 7.95. The maximum absolute atomic E-state index is 12.5. The Balaban J connectivity index is 1.61. The number of benzene rings is 2. The third-order valence-electron chi connectivity index (χ3n) is 4.38. The predicted octanol–water partition coefficient (Wildman–Crippen LogP) is 2.96. The molecule has 0 saturated carbocycles. The minimum atomic E-state index is -0.910. The summed E-state index contributed by atoms with van der Waals surface area (Å²) in [5, 5.41) is 11.1. The normalized spacial score (nSPS) is 10.9. The number of fused-ring (bicyclic) bond motifs is 3. The number of esters is 2. The highest BCUT2D eigenvalue weighted by atomic mass is 32.1. The Bertz CT molecular complexity index is 1420. The molecule has 0 saturated heterocycles. The summed E-state index contributed by atoms with van der Waals surface area (Å²) in [6.07, 6.45) is 0. The van der Waals surface area contributed by atoms with E-state index in [1.54, 1.807) is 0 Å². The van der Waals surface area contributed by atoms with E-state index in [2.05, 4.69) is 9.72 Å². The van der Waals surface area contributed by atoms with Gasteiger partial charge < -0.3 is 9.47 Å². The smallest absolute Gasteiger partial charge is 0.338 e. The Labute approximate surface area is 177 Å². The molecular formula is C20H13N3O7S. The van der Waals surface area contributed by atoms with Crippen molar-refractivity contribution in [1.29, 1.82) is 0 Å². The number of nitrogens with zero attached hydrogens (tertiary/aromatic N) is 3. The molecule has 0 radical (unpaired) electrons. The van der Waals surface area contributed by atoms with Gasteiger partial charge in [-0.2, -0.15) is 0 Å². The summed E-state index contributed by atoms with van der Waals surface area (Å²) in [7, 11) is 1.12. The number of carbonyl (C=O) groups excluding carboxylic acids is 2. The van der Waals surface area contributed by atoms with Crippen LogP contribution in [0.1, 0.15) is 26.4 Å². The fourth-order valence-corrected chi connectivity index (χ4v) is 4.04. The molecule has 0 aliphatic heterocycles. The molecule has 0 atom stereocenters. The lowest BCUT2D eigenvalue weighted by Crippen LogP contribution is -2.15. The molecule has 2 aromatic carbocycles. The van der Waals surface area contributed by atoms with Crippen LogP contribution in [0.15, 0.2) is 53.3 Å². The van der Waals surface area contributed by atoms with Crippen molar-refractivity contribution < 1.29 is 24.0 Å². The number of ether oxygens (including phenoxy) is 2. The molecule has 31 heavy (non-hydrogen) atoms. The van der Waals surface area contributed by atoms with Gasteiger partial charge in [0.1, 0.15) is 6.61 Å². The van der Waals surface area contributed by atoms with Crippen LogP contribution in [-0.2, 0) is 16.1 Å². The van der Waals surface area contributed by atoms with E-state index in [-0.39, 0.29) is 29.0 Å². The van der Waals surface area contributed by atoms with Crippen LogP contribution < -0.4 is 5.56 Å². The largest absolute Gasteiger partial charge is 0.465 e. The average molecular weight is 439 g/mol. The standard InChI is InChI=1S/C20H13N3O7S/c1-29-18(25)11-6-12(8-14(7-11)23(27)28)19(26)30-10-13-9-17(24)22-15-4-2-3-5-16(15)31-20(22)21-13/h2-9H,10H2,1H3. The highest BCUT2D eigenvalue weighted by Crippen LogP contribution is 2.24. The van der Waals surface area contributed by atoms with Crippen molar-refractivity contribution in [3.63, 3.8) is 0 Å². The molecule has 0 unspecified atom stereocenters. The van der Waals surface area contributed by atoms with Gasteiger partial charge in [0.05, 0.1) is 39.1 Å². The quantitative estimate of drug-likeness (QED) is 0.264. The molecule has 0 bridgehead atoms. The number of rotatable bonds is 5. The van der Waals surface area contributed by atoms with E-state index in [9.17, 15) is 24.5 Å². The van der Waals surface area contributed by atoms with Crippen molar-refractivity contribution in [2.24, 2.45) is 0 Å². The SMILES string of the molecule is COC(=O)c1cc(C(=O)OCc2cc(=O)n3c(n2)sc2ccccc23)cc([N+](=O)[O-])c1. The zero-order chi connectivity index (χ0) is 22.1. The first-order valence-electron chi connectivity index (χ1n) is 8.82. The van der Waals surface area contributed by atoms with Gasteiger partial charge in [0, 0.05) is 18.2 Å². The van der Waals surface area contributed by atoms with E-state index in [1.807, 2.05) is 24.3 Å². The molecule has 0 fully saturated rings. The van der Waals surface area contributed by atoms with Crippen molar-refractivity contribution in [3.05, 3.63) is 85.8 Å². The predicted molar refractivity (Wildman–Crippen MR) is 110 cm³/mol. The molecule has 0 N–H and O–H groups in total. The minimum absolute atomic E-state index is 0.160. The lowest BCUT2D eigenvalue weighted by Gasteiger charge is -2.06. The topological polar surface area (TPSA) is 130 Å². The molecule has 2 aromatic heterocycles. The molecule has 0 aliphatic rings. The van der Waals surface area contributed by atoms with E-state index < -0.39 is 22.5 Å². The number of methoxy groups -OCH3 is 1. The molecule has 156 valence electrons. The monoisotopic (exact) mass is 439 g/mol. The van der Waals surface area contributed by atoms with E-state index in [0.717, 1.165) is 35.5 Å². The van der Waals surface area contributed by atoms with Gasteiger partial charge in [-0.05, 0) is 18.2 Å². The van der Waals surface area contributed by atoms with Crippen molar-refractivity contribution in [2.75, 3.05) is 7.11 Å². The molecule has 0 amide bonds. The second-order valence-electron chi connectivity index (χ2n) is 6.37. The van der Waals surface area contributed by atoms with Crippen LogP contribution in [0.2, 0.25) is 0 Å². The van der Waals surface area contributed by atoms with E-state index >= 15 is 0 Å². The van der Waals surface area contributed by atoms with Gasteiger partial charge in [-0.3, -0.25) is 19.3 Å². The molecule has 10 nitrogen and oxygen atoms in total. The van der Waals surface area contributed by atoms with Crippen LogP contribution in [-0.4, -0.2) is 33.4 Å². The Hall–Kier alpha value is -4.12. The van der Waals surface area contributed by atoms with Gasteiger partial charge in [-0.15, -0.1) is 0 Å². The minimum Gasteiger partial charge on any atom is -0.465 e. The van der Waals surface area contributed by atoms with Gasteiger partial charge in [0.25, 0.3) is 11.2 Å². The van der Waals surface area contributed by atoms with Crippen molar-refractivity contribution in [2.45, 2.75) is 6.61 Å². The fourth-order valence-electron chi connectivity index (χ4n) is 2.99. The van der Waals surface area contributed by atoms with Crippen molar-refractivity contribution in [3.8, 4) is 0 Å². The third-order valence-corrected chi connectivity index (χ3v) is 5.41. The molecular weight excluding hydrogens is 426 g/mol. The lowest BCUT2D eigenvalue weighted by molar-refractivity contribution is -0.384. The first-order chi connectivity index (χ1) is 14.9. The number of aromatic nitrogens is 2. The van der Waals surface area contributed by atoms with Crippen LogP contribution in [0.5, 0.6) is 0 Å². The van der Waals surface area contributed by atoms with Crippen LogP contribution in [0.3, 0.4) is 0 Å². The van der Waals surface area contributed by atoms with Crippen LogP contribution in [0.4, 0.5) is 5.69 Å².